The van der Waals surface area contributed by atoms with Crippen LogP contribution in [0.2, 0.25) is 0 Å². The van der Waals surface area contributed by atoms with Gasteiger partial charge in [0.15, 0.2) is 0 Å². The van der Waals surface area contributed by atoms with E-state index < -0.39 is 0 Å². The van der Waals surface area contributed by atoms with Gasteiger partial charge in [0.25, 0.3) is 0 Å². The summed E-state index contributed by atoms with van der Waals surface area (Å²) in [7, 11) is 0. The van der Waals surface area contributed by atoms with Crippen molar-refractivity contribution in [1.29, 1.82) is 0 Å². The molecule has 0 amide bonds. The van der Waals surface area contributed by atoms with Gasteiger partial charge in [0.1, 0.15) is 0 Å². The molecule has 0 radical (unpaired) electrons. The highest BCUT2D eigenvalue weighted by atomic mass is 79.9. The van der Waals surface area contributed by atoms with Crippen LogP contribution in [0.5, 0.6) is 0 Å². The molecule has 1 aromatic heterocycles. The number of benzene rings is 1. The molecule has 1 aromatic carbocycles. The molecule has 6 heteroatoms. The fraction of sp³-hybridized carbons (Fsp3) is 0.667. The monoisotopic (exact) mass is 435 g/mol. The molecule has 0 spiro atoms. The molecule has 1 aliphatic carbocycles. The number of halogens is 1. The van der Waals surface area contributed by atoms with Crippen LogP contribution in [0.15, 0.2) is 23.0 Å². The molecule has 4 rings (SSSR count). The Morgan fingerprint density at radius 1 is 1.19 bits per heavy atom. The summed E-state index contributed by atoms with van der Waals surface area (Å²) in [5.74, 6) is 0. The Labute approximate surface area is 169 Å². The van der Waals surface area contributed by atoms with Crippen LogP contribution in [0.1, 0.15) is 57.1 Å². The second kappa shape index (κ2) is 8.10. The van der Waals surface area contributed by atoms with Crippen molar-refractivity contribution in [3.05, 3.63) is 34.2 Å². The fourth-order valence-electron chi connectivity index (χ4n) is 4.94. The molecule has 27 heavy (non-hydrogen) atoms. The van der Waals surface area contributed by atoms with Gasteiger partial charge in [-0.15, -0.1) is 0 Å². The number of piperidine rings is 1. The maximum atomic E-state index is 12.6. The number of rotatable bonds is 4. The highest BCUT2D eigenvalue weighted by Gasteiger charge is 2.35. The molecule has 2 heterocycles. The minimum Gasteiger partial charge on any atom is -0.379 e. The molecule has 1 aliphatic heterocycles. The van der Waals surface area contributed by atoms with Crippen LogP contribution in [-0.2, 0) is 4.74 Å². The number of nitrogens with zero attached hydrogens (tertiary/aromatic N) is 2. The number of aromatic amines is 1. The number of H-pyrrole nitrogens is 1. The second-order valence-corrected chi connectivity index (χ2v) is 9.11. The summed E-state index contributed by atoms with van der Waals surface area (Å²) < 4.78 is 7.79. The van der Waals surface area contributed by atoms with Gasteiger partial charge in [-0.2, -0.15) is 0 Å². The summed E-state index contributed by atoms with van der Waals surface area (Å²) in [4.78, 5) is 18.6. The molecule has 0 bridgehead atoms. The van der Waals surface area contributed by atoms with Crippen molar-refractivity contribution < 1.29 is 4.74 Å². The first-order valence-corrected chi connectivity index (χ1v) is 11.2. The van der Waals surface area contributed by atoms with Crippen molar-refractivity contribution in [3.8, 4) is 0 Å². The van der Waals surface area contributed by atoms with Crippen molar-refractivity contribution in [2.45, 2.75) is 75.5 Å². The minimum atomic E-state index is 0.0194. The highest BCUT2D eigenvalue weighted by molar-refractivity contribution is 9.09. The summed E-state index contributed by atoms with van der Waals surface area (Å²) in [6, 6.07) is 7.07. The maximum Gasteiger partial charge on any atom is 0.326 e. The number of hydrogen-bond acceptors (Lipinski definition) is 3. The summed E-state index contributed by atoms with van der Waals surface area (Å²) in [5, 5.41) is 0. The quantitative estimate of drug-likeness (QED) is 0.573. The normalized spacial score (nSPS) is 30.0. The van der Waals surface area contributed by atoms with Crippen LogP contribution in [0.3, 0.4) is 0 Å². The molecule has 1 N–H and O–H groups in total. The lowest BCUT2D eigenvalue weighted by Gasteiger charge is -2.44. The summed E-state index contributed by atoms with van der Waals surface area (Å²) in [6.07, 6.45) is 7.19. The van der Waals surface area contributed by atoms with E-state index in [1.165, 1.54) is 31.2 Å². The Morgan fingerprint density at radius 3 is 2.67 bits per heavy atom. The summed E-state index contributed by atoms with van der Waals surface area (Å²) in [5.41, 5.74) is 3.18. The third-order valence-electron chi connectivity index (χ3n) is 6.30. The number of ether oxygens (including phenoxy) is 1. The van der Waals surface area contributed by atoms with Crippen molar-refractivity contribution in [2.24, 2.45) is 0 Å². The van der Waals surface area contributed by atoms with Crippen LogP contribution < -0.4 is 5.69 Å². The van der Waals surface area contributed by atoms with E-state index in [4.69, 9.17) is 4.74 Å². The lowest BCUT2D eigenvalue weighted by Crippen LogP contribution is -2.48. The van der Waals surface area contributed by atoms with Crippen molar-refractivity contribution in [3.63, 3.8) is 0 Å². The molecule has 2 unspecified atom stereocenters. The van der Waals surface area contributed by atoms with Gasteiger partial charge in [-0.3, -0.25) is 9.47 Å². The van der Waals surface area contributed by atoms with Gasteiger partial charge in [0.2, 0.25) is 0 Å². The average Bonchev–Trinajstić information content (AvgIpc) is 2.98. The molecule has 1 saturated carbocycles. The molecule has 148 valence electrons. The van der Waals surface area contributed by atoms with Gasteiger partial charge >= 0.3 is 5.69 Å². The Kier molecular flexibility index (Phi) is 5.76. The molecular weight excluding hydrogens is 406 g/mol. The highest BCUT2D eigenvalue weighted by Crippen LogP contribution is 2.36. The van der Waals surface area contributed by atoms with E-state index >= 15 is 0 Å². The first kappa shape index (κ1) is 19.2. The van der Waals surface area contributed by atoms with Gasteiger partial charge in [-0.05, 0) is 70.1 Å². The smallest absolute Gasteiger partial charge is 0.326 e. The van der Waals surface area contributed by atoms with Gasteiger partial charge in [-0.1, -0.05) is 22.0 Å². The average molecular weight is 436 g/mol. The number of likely N-dealkylation sites (tertiary alicyclic amines) is 1. The number of nitrogens with one attached hydrogen (secondary N) is 1. The van der Waals surface area contributed by atoms with E-state index in [1.807, 2.05) is 10.6 Å². The Morgan fingerprint density at radius 2 is 1.96 bits per heavy atom. The predicted octanol–water partition coefficient (Wildman–Crippen LogP) is 4.34. The molecule has 2 aromatic rings. The van der Waals surface area contributed by atoms with Crippen molar-refractivity contribution >= 4 is 27.0 Å². The van der Waals surface area contributed by atoms with E-state index in [1.54, 1.807) is 0 Å². The lowest BCUT2D eigenvalue weighted by molar-refractivity contribution is 0.00519. The van der Waals surface area contributed by atoms with Crippen LogP contribution in [-0.4, -0.2) is 44.7 Å². The maximum absolute atomic E-state index is 12.6. The molecule has 1 saturated heterocycles. The summed E-state index contributed by atoms with van der Waals surface area (Å²) >= 11 is 3.93. The third-order valence-corrected chi connectivity index (χ3v) is 7.20. The number of imidazole rings is 1. The standard InChI is InChI=1S/C21H30BrN3O2/c1-3-27-17-7-5-15(6-8-17)24-11-10-16(13-20(24)22)25-19-12-14(2)4-9-18(19)23-21(25)26/h4,9,12,15-17,20H,3,5-8,10-11,13H2,1-2H3,(H,23,26). The Balaban J connectivity index is 1.46. The van der Waals surface area contributed by atoms with E-state index in [0.717, 1.165) is 37.0 Å². The van der Waals surface area contributed by atoms with Gasteiger partial charge in [0, 0.05) is 25.2 Å². The molecule has 2 atom stereocenters. The molecular formula is C21H30BrN3O2. The Bertz CT molecular complexity index is 838. The number of aromatic nitrogens is 2. The lowest BCUT2D eigenvalue weighted by atomic mass is 9.90. The number of fused-ring (bicyclic) bond motifs is 1. The van der Waals surface area contributed by atoms with E-state index in [-0.39, 0.29) is 11.7 Å². The predicted molar refractivity (Wildman–Crippen MR) is 113 cm³/mol. The first-order chi connectivity index (χ1) is 13.1. The zero-order chi connectivity index (χ0) is 19.0. The Hall–Kier alpha value is -1.11. The van der Waals surface area contributed by atoms with E-state index in [0.29, 0.717) is 17.1 Å². The first-order valence-electron chi connectivity index (χ1n) is 10.3. The topological polar surface area (TPSA) is 50.3 Å². The van der Waals surface area contributed by atoms with Crippen LogP contribution in [0.25, 0.3) is 11.0 Å². The number of hydrogen-bond donors (Lipinski definition) is 1. The minimum absolute atomic E-state index is 0.0194. The summed E-state index contributed by atoms with van der Waals surface area (Å²) in [6.45, 7) is 6.02. The van der Waals surface area contributed by atoms with Crippen LogP contribution >= 0.6 is 15.9 Å². The van der Waals surface area contributed by atoms with Crippen LogP contribution in [0.4, 0.5) is 0 Å². The van der Waals surface area contributed by atoms with Gasteiger partial charge in [0.05, 0.1) is 22.1 Å². The SMILES string of the molecule is CCOC1CCC(N2CCC(n3c(=O)[nH]c4ccc(C)cc43)CC2Br)CC1. The number of alkyl halides is 1. The van der Waals surface area contributed by atoms with Gasteiger partial charge in [-0.25, -0.2) is 4.79 Å². The van der Waals surface area contributed by atoms with E-state index in [9.17, 15) is 4.79 Å². The zero-order valence-electron chi connectivity index (χ0n) is 16.3. The van der Waals surface area contributed by atoms with Crippen LogP contribution in [0, 0.1) is 6.92 Å². The van der Waals surface area contributed by atoms with E-state index in [2.05, 4.69) is 51.8 Å². The second-order valence-electron chi connectivity index (χ2n) is 8.06. The molecule has 2 aliphatic rings. The fourth-order valence-corrected chi connectivity index (χ4v) is 5.91. The van der Waals surface area contributed by atoms with Crippen molar-refractivity contribution in [2.75, 3.05) is 13.2 Å². The largest absolute Gasteiger partial charge is 0.379 e. The molecule has 2 fully saturated rings. The molecule has 5 nitrogen and oxygen atoms in total. The third kappa shape index (κ3) is 3.89. The number of aryl methyl sites for hydroxylation is 1. The van der Waals surface area contributed by atoms with Gasteiger partial charge < -0.3 is 9.72 Å². The van der Waals surface area contributed by atoms with Crippen molar-refractivity contribution in [1.82, 2.24) is 14.5 Å². The zero-order valence-corrected chi connectivity index (χ0v) is 17.9.